The molecule has 0 bridgehead atoms. The Morgan fingerprint density at radius 1 is 1.39 bits per heavy atom. The monoisotopic (exact) mass is 377 g/mol. The summed E-state index contributed by atoms with van der Waals surface area (Å²) in [6, 6.07) is 5.52. The van der Waals surface area contributed by atoms with Crippen LogP contribution in [0.4, 0.5) is 5.82 Å². The lowest BCUT2D eigenvalue weighted by Crippen LogP contribution is -2.50. The Morgan fingerprint density at radius 2 is 2.29 bits per heavy atom. The summed E-state index contributed by atoms with van der Waals surface area (Å²) in [5.41, 5.74) is 3.19. The standard InChI is InChI=1S/C19H19N7O2/c1-20-16-7-14(11-8-22-17-10(11)3-2-6-21-17)24-18-12(9-23-26(16)18)19(28)25-13-4-5-15(13)27/h2-3,6-9,13,15,20,27H,4-5H2,1H3,(H,21,22)(H,25,28)/t13-,15+/m0/s1. The van der Waals surface area contributed by atoms with Gasteiger partial charge in [0.2, 0.25) is 0 Å². The molecule has 142 valence electrons. The Labute approximate surface area is 159 Å². The number of fused-ring (bicyclic) bond motifs is 2. The van der Waals surface area contributed by atoms with Crippen LogP contribution in [0, 0.1) is 0 Å². The van der Waals surface area contributed by atoms with E-state index < -0.39 is 6.10 Å². The van der Waals surface area contributed by atoms with Crippen molar-refractivity contribution in [2.45, 2.75) is 25.0 Å². The maximum Gasteiger partial charge on any atom is 0.257 e. The second-order valence-electron chi connectivity index (χ2n) is 6.90. The number of H-pyrrole nitrogens is 1. The van der Waals surface area contributed by atoms with Crippen LogP contribution >= 0.6 is 0 Å². The van der Waals surface area contributed by atoms with Crippen LogP contribution in [-0.4, -0.2) is 54.8 Å². The van der Waals surface area contributed by atoms with E-state index in [1.165, 1.54) is 6.20 Å². The summed E-state index contributed by atoms with van der Waals surface area (Å²) in [7, 11) is 1.79. The Hall–Kier alpha value is -3.46. The molecule has 1 aliphatic rings. The largest absolute Gasteiger partial charge is 0.391 e. The molecule has 2 atom stereocenters. The summed E-state index contributed by atoms with van der Waals surface area (Å²) < 4.78 is 1.60. The molecular formula is C19H19N7O2. The van der Waals surface area contributed by atoms with Crippen molar-refractivity contribution in [2.24, 2.45) is 0 Å². The van der Waals surface area contributed by atoms with Crippen LogP contribution in [0.5, 0.6) is 0 Å². The molecule has 1 aliphatic carbocycles. The van der Waals surface area contributed by atoms with Crippen LogP contribution in [0.25, 0.3) is 27.9 Å². The SMILES string of the molecule is CNc1cc(-c2c[nH]c3ncccc23)nc2c(C(=O)N[C@H]3CC[C@H]3O)cnn12. The zero-order valence-corrected chi connectivity index (χ0v) is 15.2. The first-order chi connectivity index (χ1) is 13.7. The van der Waals surface area contributed by atoms with Gasteiger partial charge in [0.25, 0.3) is 5.91 Å². The molecule has 0 unspecified atom stereocenters. The zero-order valence-electron chi connectivity index (χ0n) is 15.2. The lowest BCUT2D eigenvalue weighted by molar-refractivity contribution is 0.0448. The molecule has 1 fully saturated rings. The first kappa shape index (κ1) is 16.7. The average Bonchev–Trinajstić information content (AvgIpc) is 3.34. The number of nitrogens with zero attached hydrogens (tertiary/aromatic N) is 4. The number of carbonyl (C=O) groups is 1. The highest BCUT2D eigenvalue weighted by Crippen LogP contribution is 2.29. The Morgan fingerprint density at radius 3 is 3.04 bits per heavy atom. The summed E-state index contributed by atoms with van der Waals surface area (Å²) in [6.07, 6.45) is 6.09. The van der Waals surface area contributed by atoms with E-state index in [0.29, 0.717) is 29.1 Å². The first-order valence-corrected chi connectivity index (χ1v) is 9.13. The van der Waals surface area contributed by atoms with Crippen LogP contribution < -0.4 is 10.6 Å². The molecule has 4 aromatic heterocycles. The number of aliphatic hydroxyl groups excluding tert-OH is 1. The molecule has 0 spiro atoms. The number of nitrogens with one attached hydrogen (secondary N) is 3. The lowest BCUT2D eigenvalue weighted by Gasteiger charge is -2.32. The van der Waals surface area contributed by atoms with Crippen molar-refractivity contribution in [2.75, 3.05) is 12.4 Å². The average molecular weight is 377 g/mol. The number of aromatic nitrogens is 5. The molecule has 4 aromatic rings. The van der Waals surface area contributed by atoms with E-state index in [-0.39, 0.29) is 11.9 Å². The third-order valence-corrected chi connectivity index (χ3v) is 5.25. The van der Waals surface area contributed by atoms with Crippen molar-refractivity contribution >= 4 is 28.4 Å². The highest BCUT2D eigenvalue weighted by Gasteiger charge is 2.31. The Kier molecular flexibility index (Phi) is 3.76. The Bertz CT molecular complexity index is 1200. The molecule has 1 saturated carbocycles. The van der Waals surface area contributed by atoms with Crippen molar-refractivity contribution < 1.29 is 9.90 Å². The van der Waals surface area contributed by atoms with Crippen molar-refractivity contribution in [3.63, 3.8) is 0 Å². The fraction of sp³-hybridized carbons (Fsp3) is 0.263. The van der Waals surface area contributed by atoms with Gasteiger partial charge in [-0.25, -0.2) is 9.97 Å². The summed E-state index contributed by atoms with van der Waals surface area (Å²) >= 11 is 0. The van der Waals surface area contributed by atoms with Crippen LogP contribution in [0.1, 0.15) is 23.2 Å². The quantitative estimate of drug-likeness (QED) is 0.428. The van der Waals surface area contributed by atoms with E-state index in [0.717, 1.165) is 23.0 Å². The highest BCUT2D eigenvalue weighted by molar-refractivity contribution is 6.01. The number of carbonyl (C=O) groups excluding carboxylic acids is 1. The summed E-state index contributed by atoms with van der Waals surface area (Å²) in [5, 5.41) is 21.0. The van der Waals surface area contributed by atoms with Crippen molar-refractivity contribution in [1.82, 2.24) is 29.9 Å². The van der Waals surface area contributed by atoms with Gasteiger partial charge in [-0.1, -0.05) is 0 Å². The van der Waals surface area contributed by atoms with E-state index in [2.05, 4.69) is 25.7 Å². The Balaban J connectivity index is 1.62. The van der Waals surface area contributed by atoms with E-state index in [1.54, 1.807) is 17.8 Å². The number of anilines is 1. The van der Waals surface area contributed by atoms with E-state index >= 15 is 0 Å². The third kappa shape index (κ3) is 2.51. The van der Waals surface area contributed by atoms with Gasteiger partial charge in [0.15, 0.2) is 5.65 Å². The zero-order chi connectivity index (χ0) is 19.3. The summed E-state index contributed by atoms with van der Waals surface area (Å²) in [6.45, 7) is 0. The minimum absolute atomic E-state index is 0.214. The molecule has 0 saturated heterocycles. The van der Waals surface area contributed by atoms with E-state index in [4.69, 9.17) is 4.98 Å². The number of pyridine rings is 1. The van der Waals surface area contributed by atoms with Gasteiger partial charge < -0.3 is 20.7 Å². The van der Waals surface area contributed by atoms with Gasteiger partial charge in [0.1, 0.15) is 17.0 Å². The molecule has 28 heavy (non-hydrogen) atoms. The molecule has 4 N–H and O–H groups in total. The van der Waals surface area contributed by atoms with Gasteiger partial charge in [-0.3, -0.25) is 4.79 Å². The molecule has 1 amide bonds. The van der Waals surface area contributed by atoms with E-state index in [9.17, 15) is 9.90 Å². The number of aromatic amines is 1. The van der Waals surface area contributed by atoms with Crippen molar-refractivity contribution in [3.8, 4) is 11.3 Å². The minimum Gasteiger partial charge on any atom is -0.391 e. The highest BCUT2D eigenvalue weighted by atomic mass is 16.3. The first-order valence-electron chi connectivity index (χ1n) is 9.13. The predicted molar refractivity (Wildman–Crippen MR) is 104 cm³/mol. The molecule has 0 aliphatic heterocycles. The smallest absolute Gasteiger partial charge is 0.257 e. The van der Waals surface area contributed by atoms with Gasteiger partial charge in [-0.05, 0) is 25.0 Å². The fourth-order valence-corrected chi connectivity index (χ4v) is 3.50. The number of aliphatic hydroxyl groups is 1. The normalized spacial score (nSPS) is 18.9. The van der Waals surface area contributed by atoms with Crippen LogP contribution in [-0.2, 0) is 0 Å². The summed E-state index contributed by atoms with van der Waals surface area (Å²) in [4.78, 5) is 24.9. The third-order valence-electron chi connectivity index (χ3n) is 5.25. The van der Waals surface area contributed by atoms with Gasteiger partial charge in [0.05, 0.1) is 24.0 Å². The maximum atomic E-state index is 12.7. The van der Waals surface area contributed by atoms with Gasteiger partial charge in [-0.2, -0.15) is 9.61 Å². The van der Waals surface area contributed by atoms with Crippen LogP contribution in [0.2, 0.25) is 0 Å². The van der Waals surface area contributed by atoms with Crippen LogP contribution in [0.15, 0.2) is 36.8 Å². The number of hydrogen-bond donors (Lipinski definition) is 4. The van der Waals surface area contributed by atoms with Crippen molar-refractivity contribution in [1.29, 1.82) is 0 Å². The second kappa shape index (κ2) is 6.31. The fourth-order valence-electron chi connectivity index (χ4n) is 3.50. The molecule has 0 aromatic carbocycles. The molecular weight excluding hydrogens is 358 g/mol. The number of hydrogen-bond acceptors (Lipinski definition) is 6. The number of amides is 1. The molecule has 4 heterocycles. The number of rotatable bonds is 4. The minimum atomic E-state index is -0.485. The van der Waals surface area contributed by atoms with Gasteiger partial charge in [-0.15, -0.1) is 0 Å². The lowest BCUT2D eigenvalue weighted by atomic mass is 9.89. The molecule has 0 radical (unpaired) electrons. The van der Waals surface area contributed by atoms with Gasteiger partial charge in [0, 0.05) is 36.5 Å². The predicted octanol–water partition coefficient (Wildman–Crippen LogP) is 1.57. The maximum absolute atomic E-state index is 12.7. The van der Waals surface area contributed by atoms with E-state index in [1.807, 2.05) is 24.4 Å². The van der Waals surface area contributed by atoms with Crippen LogP contribution in [0.3, 0.4) is 0 Å². The molecule has 5 rings (SSSR count). The topological polar surface area (TPSA) is 120 Å². The van der Waals surface area contributed by atoms with Crippen molar-refractivity contribution in [3.05, 3.63) is 42.4 Å². The van der Waals surface area contributed by atoms with Gasteiger partial charge >= 0.3 is 0 Å². The molecule has 9 nitrogen and oxygen atoms in total. The molecule has 9 heteroatoms. The summed E-state index contributed by atoms with van der Waals surface area (Å²) in [5.74, 6) is 0.423. The second-order valence-corrected chi connectivity index (χ2v) is 6.90.